The summed E-state index contributed by atoms with van der Waals surface area (Å²) in [6.45, 7) is 4.43. The quantitative estimate of drug-likeness (QED) is 0.785. The monoisotopic (exact) mass is 386 g/mol. The molecule has 4 heterocycles. The van der Waals surface area contributed by atoms with Crippen molar-refractivity contribution in [2.24, 2.45) is 18.9 Å². The number of piperidine rings is 1. The Kier molecular flexibility index (Phi) is 5.42. The summed E-state index contributed by atoms with van der Waals surface area (Å²) >= 11 is 0. The van der Waals surface area contributed by atoms with Crippen LogP contribution in [-0.4, -0.2) is 76.3 Å². The molecule has 3 aliphatic rings. The van der Waals surface area contributed by atoms with Gasteiger partial charge in [-0.25, -0.2) is 0 Å². The van der Waals surface area contributed by atoms with Gasteiger partial charge in [-0.2, -0.15) is 0 Å². The number of aryl methyl sites for hydroxylation is 1. The highest BCUT2D eigenvalue weighted by atomic mass is 16.2. The minimum absolute atomic E-state index is 0.0828. The minimum atomic E-state index is -0.162. The molecule has 3 aliphatic heterocycles. The molecule has 152 valence electrons. The topological polar surface area (TPSA) is 65.9 Å². The Morgan fingerprint density at radius 3 is 2.43 bits per heavy atom. The summed E-state index contributed by atoms with van der Waals surface area (Å²) in [5.41, 5.74) is 0.719. The zero-order chi connectivity index (χ0) is 19.7. The average Bonchev–Trinajstić information content (AvgIpc) is 3.44. The van der Waals surface area contributed by atoms with Gasteiger partial charge in [0.2, 0.25) is 11.8 Å². The molecule has 3 amide bonds. The largest absolute Gasteiger partial charge is 0.347 e. The molecule has 7 nitrogen and oxygen atoms in total. The Morgan fingerprint density at radius 1 is 1.07 bits per heavy atom. The maximum Gasteiger partial charge on any atom is 0.270 e. The van der Waals surface area contributed by atoms with E-state index in [9.17, 15) is 14.4 Å². The van der Waals surface area contributed by atoms with Crippen molar-refractivity contribution in [3.05, 3.63) is 24.0 Å². The van der Waals surface area contributed by atoms with Gasteiger partial charge in [0.05, 0.1) is 5.92 Å². The third-order valence-corrected chi connectivity index (χ3v) is 6.52. The van der Waals surface area contributed by atoms with Gasteiger partial charge in [-0.1, -0.05) is 0 Å². The predicted octanol–water partition coefficient (Wildman–Crippen LogP) is 1.35. The molecule has 3 fully saturated rings. The molecule has 1 atom stereocenters. The van der Waals surface area contributed by atoms with Crippen LogP contribution in [0.1, 0.15) is 42.6 Å². The first-order valence-corrected chi connectivity index (χ1v) is 10.5. The average molecular weight is 386 g/mol. The molecule has 3 saturated heterocycles. The molecule has 0 saturated carbocycles. The van der Waals surface area contributed by atoms with Gasteiger partial charge >= 0.3 is 0 Å². The van der Waals surface area contributed by atoms with Crippen molar-refractivity contribution in [2.45, 2.75) is 32.1 Å². The number of hydrogen-bond acceptors (Lipinski definition) is 3. The van der Waals surface area contributed by atoms with Gasteiger partial charge in [-0.05, 0) is 43.7 Å². The van der Waals surface area contributed by atoms with Crippen molar-refractivity contribution in [3.63, 3.8) is 0 Å². The number of likely N-dealkylation sites (tertiary alicyclic amines) is 3. The van der Waals surface area contributed by atoms with E-state index < -0.39 is 0 Å². The highest BCUT2D eigenvalue weighted by molar-refractivity contribution is 5.92. The lowest BCUT2D eigenvalue weighted by Gasteiger charge is -2.34. The lowest BCUT2D eigenvalue weighted by molar-refractivity contribution is -0.134. The molecule has 28 heavy (non-hydrogen) atoms. The maximum atomic E-state index is 12.6. The van der Waals surface area contributed by atoms with E-state index in [1.807, 2.05) is 44.6 Å². The van der Waals surface area contributed by atoms with Gasteiger partial charge in [0.15, 0.2) is 0 Å². The number of carbonyl (C=O) groups excluding carboxylic acids is 3. The molecule has 0 bridgehead atoms. The SMILES string of the molecule is Cn1cccc1C(=O)N1CCC(CN2CC(C(=O)N3CCCC3)CC2=O)CC1. The molecule has 0 radical (unpaired) electrons. The number of amides is 3. The molecule has 7 heteroatoms. The standard InChI is InChI=1S/C21H30N4O3/c1-22-8-4-5-18(22)21(28)24-11-6-16(7-12-24)14-25-15-17(13-19(25)26)20(27)23-9-2-3-10-23/h4-5,8,16-17H,2-3,6-7,9-15H2,1H3. The summed E-state index contributed by atoms with van der Waals surface area (Å²) in [6.07, 6.45) is 6.22. The molecule has 0 aliphatic carbocycles. The van der Waals surface area contributed by atoms with Crippen LogP contribution in [-0.2, 0) is 16.6 Å². The van der Waals surface area contributed by atoms with E-state index in [4.69, 9.17) is 0 Å². The summed E-state index contributed by atoms with van der Waals surface area (Å²) in [4.78, 5) is 43.4. The highest BCUT2D eigenvalue weighted by Crippen LogP contribution is 2.26. The Morgan fingerprint density at radius 2 is 1.79 bits per heavy atom. The molecule has 0 spiro atoms. The molecule has 0 aromatic carbocycles. The van der Waals surface area contributed by atoms with Gasteiger partial charge < -0.3 is 19.3 Å². The zero-order valence-electron chi connectivity index (χ0n) is 16.7. The smallest absolute Gasteiger partial charge is 0.270 e. The fourth-order valence-electron chi connectivity index (χ4n) is 4.79. The van der Waals surface area contributed by atoms with Gasteiger partial charge in [0.1, 0.15) is 5.69 Å². The van der Waals surface area contributed by atoms with Crippen molar-refractivity contribution in [1.29, 1.82) is 0 Å². The number of hydrogen-bond donors (Lipinski definition) is 0. The molecule has 4 rings (SSSR count). The summed E-state index contributed by atoms with van der Waals surface area (Å²) in [6, 6.07) is 3.74. The Hall–Kier alpha value is -2.31. The normalized spacial score (nSPS) is 23.7. The highest BCUT2D eigenvalue weighted by Gasteiger charge is 2.38. The van der Waals surface area contributed by atoms with Gasteiger partial charge in [0.25, 0.3) is 5.91 Å². The van der Waals surface area contributed by atoms with Gasteiger partial charge in [-0.3, -0.25) is 14.4 Å². The van der Waals surface area contributed by atoms with Crippen LogP contribution >= 0.6 is 0 Å². The van der Waals surface area contributed by atoms with E-state index in [-0.39, 0.29) is 23.6 Å². The van der Waals surface area contributed by atoms with Crippen molar-refractivity contribution >= 4 is 17.7 Å². The Bertz CT molecular complexity index is 745. The Balaban J connectivity index is 1.27. The van der Waals surface area contributed by atoms with Crippen molar-refractivity contribution in [2.75, 3.05) is 39.3 Å². The minimum Gasteiger partial charge on any atom is -0.347 e. The summed E-state index contributed by atoms with van der Waals surface area (Å²) in [5.74, 6) is 0.599. The lowest BCUT2D eigenvalue weighted by Crippen LogP contribution is -2.42. The predicted molar refractivity (Wildman–Crippen MR) is 105 cm³/mol. The molecular weight excluding hydrogens is 356 g/mol. The molecule has 1 aromatic heterocycles. The first kappa shape index (κ1) is 19.0. The molecule has 1 unspecified atom stereocenters. The number of nitrogens with zero attached hydrogens (tertiary/aromatic N) is 4. The lowest BCUT2D eigenvalue weighted by atomic mass is 9.96. The first-order chi connectivity index (χ1) is 13.5. The van der Waals surface area contributed by atoms with E-state index in [0.717, 1.165) is 64.1 Å². The van der Waals surface area contributed by atoms with Crippen molar-refractivity contribution in [1.82, 2.24) is 19.3 Å². The van der Waals surface area contributed by atoms with Crippen LogP contribution in [0.15, 0.2) is 18.3 Å². The molecule has 1 aromatic rings. The number of aromatic nitrogens is 1. The summed E-state index contributed by atoms with van der Waals surface area (Å²) in [7, 11) is 1.89. The number of carbonyl (C=O) groups is 3. The second-order valence-electron chi connectivity index (χ2n) is 8.47. The zero-order valence-corrected chi connectivity index (χ0v) is 16.7. The van der Waals surface area contributed by atoms with Gasteiger partial charge in [-0.15, -0.1) is 0 Å². The van der Waals surface area contributed by atoms with Crippen LogP contribution in [0.5, 0.6) is 0 Å². The number of rotatable bonds is 4. The second-order valence-corrected chi connectivity index (χ2v) is 8.47. The van der Waals surface area contributed by atoms with Crippen LogP contribution < -0.4 is 0 Å². The van der Waals surface area contributed by atoms with E-state index in [0.29, 0.717) is 18.9 Å². The Labute approximate surface area is 166 Å². The molecule has 0 N–H and O–H groups in total. The van der Waals surface area contributed by atoms with Crippen LogP contribution in [0, 0.1) is 11.8 Å². The van der Waals surface area contributed by atoms with E-state index in [1.165, 1.54) is 0 Å². The summed E-state index contributed by atoms with van der Waals surface area (Å²) in [5, 5.41) is 0. The van der Waals surface area contributed by atoms with E-state index in [1.54, 1.807) is 0 Å². The molecular formula is C21H30N4O3. The fraction of sp³-hybridized carbons (Fsp3) is 0.667. The van der Waals surface area contributed by atoms with Gasteiger partial charge in [0, 0.05) is 58.9 Å². The van der Waals surface area contributed by atoms with Crippen LogP contribution in [0.4, 0.5) is 0 Å². The fourth-order valence-corrected chi connectivity index (χ4v) is 4.79. The second kappa shape index (κ2) is 7.97. The van der Waals surface area contributed by atoms with E-state index in [2.05, 4.69) is 0 Å². The third-order valence-electron chi connectivity index (χ3n) is 6.52. The summed E-state index contributed by atoms with van der Waals surface area (Å²) < 4.78 is 1.86. The van der Waals surface area contributed by atoms with Crippen LogP contribution in [0.2, 0.25) is 0 Å². The van der Waals surface area contributed by atoms with Crippen LogP contribution in [0.25, 0.3) is 0 Å². The van der Waals surface area contributed by atoms with E-state index >= 15 is 0 Å². The van der Waals surface area contributed by atoms with Crippen LogP contribution in [0.3, 0.4) is 0 Å². The maximum absolute atomic E-state index is 12.6. The van der Waals surface area contributed by atoms with Crippen molar-refractivity contribution in [3.8, 4) is 0 Å². The van der Waals surface area contributed by atoms with Crippen molar-refractivity contribution < 1.29 is 14.4 Å². The third kappa shape index (κ3) is 3.80. The first-order valence-electron chi connectivity index (χ1n) is 10.5.